The zero-order valence-corrected chi connectivity index (χ0v) is 13.3. The van der Waals surface area contributed by atoms with Crippen molar-refractivity contribution in [1.82, 2.24) is 5.32 Å². The third kappa shape index (κ3) is 7.80. The van der Waals surface area contributed by atoms with Crippen molar-refractivity contribution < 1.29 is 19.1 Å². The van der Waals surface area contributed by atoms with Crippen LogP contribution in [0.1, 0.15) is 37.7 Å². The number of aliphatic carboxylic acids is 1. The summed E-state index contributed by atoms with van der Waals surface area (Å²) in [5, 5.41) is 11.3. The topological polar surface area (TPSA) is 66.4 Å². The van der Waals surface area contributed by atoms with E-state index in [0.717, 1.165) is 24.8 Å². The second-order valence-electron chi connectivity index (χ2n) is 4.83. The lowest BCUT2D eigenvalue weighted by Crippen LogP contribution is -2.26. The minimum absolute atomic E-state index is 0.0981. The molecule has 0 fully saturated rings. The summed E-state index contributed by atoms with van der Waals surface area (Å²) in [4.78, 5) is 22.0. The van der Waals surface area contributed by atoms with Crippen LogP contribution in [0.25, 0.3) is 0 Å². The predicted molar refractivity (Wildman–Crippen MR) is 81.5 cm³/mol. The number of carbonyl (C=O) groups is 2. The van der Waals surface area contributed by atoms with Crippen LogP contribution in [0.15, 0.2) is 22.7 Å². The molecule has 0 saturated heterocycles. The Labute approximate surface area is 131 Å². The number of carboxylic acid groups (broad SMARTS) is 1. The maximum atomic E-state index is 13.1. The lowest BCUT2D eigenvalue weighted by Gasteiger charge is -2.06. The highest BCUT2D eigenvalue weighted by atomic mass is 79.9. The second-order valence-corrected chi connectivity index (χ2v) is 5.69. The summed E-state index contributed by atoms with van der Waals surface area (Å²) < 4.78 is 13.4. The van der Waals surface area contributed by atoms with E-state index in [0.29, 0.717) is 17.4 Å². The third-order valence-electron chi connectivity index (χ3n) is 2.99. The Kier molecular flexibility index (Phi) is 7.97. The molecular weight excluding hydrogens is 341 g/mol. The van der Waals surface area contributed by atoms with Gasteiger partial charge in [0.2, 0.25) is 5.91 Å². The summed E-state index contributed by atoms with van der Waals surface area (Å²) in [6.45, 7) is 0.578. The van der Waals surface area contributed by atoms with E-state index in [4.69, 9.17) is 5.11 Å². The van der Waals surface area contributed by atoms with Crippen LogP contribution in [0.2, 0.25) is 0 Å². The number of rotatable bonds is 9. The maximum Gasteiger partial charge on any atom is 0.303 e. The zero-order valence-electron chi connectivity index (χ0n) is 11.7. The van der Waals surface area contributed by atoms with Gasteiger partial charge >= 0.3 is 5.97 Å². The molecule has 4 nitrogen and oxygen atoms in total. The fourth-order valence-electron chi connectivity index (χ4n) is 1.88. The minimum Gasteiger partial charge on any atom is -0.481 e. The molecule has 1 rings (SSSR count). The monoisotopic (exact) mass is 359 g/mol. The predicted octanol–water partition coefficient (Wildman–Crippen LogP) is 3.28. The molecule has 0 aromatic heterocycles. The molecule has 0 heterocycles. The standard InChI is InChI=1S/C15H19BrFNO3/c16-12-9-11(6-7-13(12)17)10-14(19)18-8-4-2-1-3-5-15(20)21/h6-7,9H,1-5,8,10H2,(H,18,19)(H,20,21). The number of carboxylic acids is 1. The van der Waals surface area contributed by atoms with E-state index in [2.05, 4.69) is 21.2 Å². The molecule has 1 aromatic carbocycles. The first-order valence-corrected chi connectivity index (χ1v) is 7.71. The molecule has 1 aromatic rings. The van der Waals surface area contributed by atoms with Gasteiger partial charge in [-0.05, 0) is 46.5 Å². The van der Waals surface area contributed by atoms with Crippen LogP contribution in [0.4, 0.5) is 4.39 Å². The third-order valence-corrected chi connectivity index (χ3v) is 3.60. The first-order valence-electron chi connectivity index (χ1n) is 6.91. The SMILES string of the molecule is O=C(O)CCCCCCNC(=O)Cc1ccc(F)c(Br)c1. The normalized spacial score (nSPS) is 10.4. The van der Waals surface area contributed by atoms with E-state index in [1.165, 1.54) is 6.07 Å². The van der Waals surface area contributed by atoms with Gasteiger partial charge in [-0.3, -0.25) is 9.59 Å². The highest BCUT2D eigenvalue weighted by molar-refractivity contribution is 9.10. The van der Waals surface area contributed by atoms with Gasteiger partial charge in [0.05, 0.1) is 10.9 Å². The van der Waals surface area contributed by atoms with Gasteiger partial charge in [0, 0.05) is 13.0 Å². The summed E-state index contributed by atoms with van der Waals surface area (Å²) in [6, 6.07) is 4.52. The molecule has 0 radical (unpaired) electrons. The molecular formula is C15H19BrFNO3. The number of halogens is 2. The van der Waals surface area contributed by atoms with Gasteiger partial charge in [-0.15, -0.1) is 0 Å². The average Bonchev–Trinajstić information content (AvgIpc) is 2.41. The molecule has 0 atom stereocenters. The Bertz CT molecular complexity index is 494. The van der Waals surface area contributed by atoms with E-state index in [1.807, 2.05) is 0 Å². The molecule has 2 N–H and O–H groups in total. The van der Waals surface area contributed by atoms with E-state index in [1.54, 1.807) is 12.1 Å². The van der Waals surface area contributed by atoms with Gasteiger partial charge in [0.25, 0.3) is 0 Å². The van der Waals surface area contributed by atoms with E-state index < -0.39 is 5.97 Å². The van der Waals surface area contributed by atoms with Crippen molar-refractivity contribution in [3.8, 4) is 0 Å². The van der Waals surface area contributed by atoms with Crippen LogP contribution in [0.3, 0.4) is 0 Å². The number of unbranched alkanes of at least 4 members (excludes halogenated alkanes) is 3. The highest BCUT2D eigenvalue weighted by Gasteiger charge is 2.05. The van der Waals surface area contributed by atoms with Crippen molar-refractivity contribution in [3.63, 3.8) is 0 Å². The quantitative estimate of drug-likeness (QED) is 0.665. The van der Waals surface area contributed by atoms with Crippen LogP contribution < -0.4 is 5.32 Å². The smallest absolute Gasteiger partial charge is 0.303 e. The van der Waals surface area contributed by atoms with Gasteiger partial charge in [-0.2, -0.15) is 0 Å². The number of amides is 1. The van der Waals surface area contributed by atoms with Crippen molar-refractivity contribution in [3.05, 3.63) is 34.1 Å². The number of nitrogens with one attached hydrogen (secondary N) is 1. The van der Waals surface area contributed by atoms with Crippen LogP contribution in [-0.2, 0) is 16.0 Å². The van der Waals surface area contributed by atoms with Crippen molar-refractivity contribution in [2.24, 2.45) is 0 Å². The van der Waals surface area contributed by atoms with E-state index in [9.17, 15) is 14.0 Å². The van der Waals surface area contributed by atoms with Crippen LogP contribution >= 0.6 is 15.9 Å². The van der Waals surface area contributed by atoms with Crippen molar-refractivity contribution in [1.29, 1.82) is 0 Å². The first kappa shape index (κ1) is 17.6. The van der Waals surface area contributed by atoms with Crippen LogP contribution in [-0.4, -0.2) is 23.5 Å². The Hall–Kier alpha value is -1.43. The average molecular weight is 360 g/mol. The largest absolute Gasteiger partial charge is 0.481 e. The number of hydrogen-bond acceptors (Lipinski definition) is 2. The Morgan fingerprint density at radius 2 is 1.90 bits per heavy atom. The number of carbonyl (C=O) groups excluding carboxylic acids is 1. The van der Waals surface area contributed by atoms with E-state index >= 15 is 0 Å². The number of benzene rings is 1. The molecule has 0 bridgehead atoms. The fourth-order valence-corrected chi connectivity index (χ4v) is 2.31. The molecule has 0 aliphatic carbocycles. The van der Waals surface area contributed by atoms with Gasteiger partial charge in [-0.25, -0.2) is 4.39 Å². The van der Waals surface area contributed by atoms with Crippen molar-refractivity contribution >= 4 is 27.8 Å². The van der Waals surface area contributed by atoms with Gasteiger partial charge in [-0.1, -0.05) is 18.9 Å². The summed E-state index contributed by atoms with van der Waals surface area (Å²) in [6.07, 6.45) is 3.68. The molecule has 21 heavy (non-hydrogen) atoms. The molecule has 0 saturated carbocycles. The lowest BCUT2D eigenvalue weighted by atomic mass is 10.1. The zero-order chi connectivity index (χ0) is 15.7. The van der Waals surface area contributed by atoms with Crippen molar-refractivity contribution in [2.75, 3.05) is 6.54 Å². The molecule has 0 aliphatic rings. The Morgan fingerprint density at radius 3 is 2.57 bits per heavy atom. The van der Waals surface area contributed by atoms with Gasteiger partial charge < -0.3 is 10.4 Å². The van der Waals surface area contributed by atoms with Gasteiger partial charge in [0.1, 0.15) is 5.82 Å². The second kappa shape index (κ2) is 9.50. The van der Waals surface area contributed by atoms with E-state index in [-0.39, 0.29) is 24.6 Å². The van der Waals surface area contributed by atoms with Gasteiger partial charge in [0.15, 0.2) is 0 Å². The molecule has 1 amide bonds. The molecule has 0 spiro atoms. The fraction of sp³-hybridized carbons (Fsp3) is 0.467. The van der Waals surface area contributed by atoms with Crippen molar-refractivity contribution in [2.45, 2.75) is 38.5 Å². The summed E-state index contributed by atoms with van der Waals surface area (Å²) in [7, 11) is 0. The Balaban J connectivity index is 2.14. The summed E-state index contributed by atoms with van der Waals surface area (Å²) in [5.74, 6) is -1.21. The summed E-state index contributed by atoms with van der Waals surface area (Å²) >= 11 is 3.09. The maximum absolute atomic E-state index is 13.1. The lowest BCUT2D eigenvalue weighted by molar-refractivity contribution is -0.137. The Morgan fingerprint density at radius 1 is 1.19 bits per heavy atom. The summed E-state index contributed by atoms with van der Waals surface area (Å²) in [5.41, 5.74) is 0.752. The number of hydrogen-bond donors (Lipinski definition) is 2. The molecule has 6 heteroatoms. The first-order chi connectivity index (χ1) is 9.99. The highest BCUT2D eigenvalue weighted by Crippen LogP contribution is 2.17. The minimum atomic E-state index is -0.770. The molecule has 0 aliphatic heterocycles. The molecule has 0 unspecified atom stereocenters. The molecule has 116 valence electrons. The van der Waals surface area contributed by atoms with Crippen LogP contribution in [0.5, 0.6) is 0 Å². The van der Waals surface area contributed by atoms with Crippen LogP contribution in [0, 0.1) is 5.82 Å².